The number of nitrogens with zero attached hydrogens (tertiary/aromatic N) is 2. The van der Waals surface area contributed by atoms with E-state index in [1.54, 1.807) is 29.1 Å². The van der Waals surface area contributed by atoms with Crippen LogP contribution >= 0.6 is 11.6 Å². The van der Waals surface area contributed by atoms with E-state index in [-0.39, 0.29) is 22.5 Å². The van der Waals surface area contributed by atoms with Crippen LogP contribution in [-0.4, -0.2) is 20.6 Å². The van der Waals surface area contributed by atoms with Gasteiger partial charge in [0, 0.05) is 25.0 Å². The lowest BCUT2D eigenvalue weighted by Gasteiger charge is -2.19. The minimum absolute atomic E-state index is 0.0861. The van der Waals surface area contributed by atoms with Gasteiger partial charge in [-0.25, -0.2) is 9.37 Å². The fourth-order valence-corrected chi connectivity index (χ4v) is 2.65. The van der Waals surface area contributed by atoms with E-state index in [1.807, 2.05) is 7.05 Å². The normalized spacial score (nSPS) is 12.0. The van der Waals surface area contributed by atoms with Crippen molar-refractivity contribution in [2.45, 2.75) is 6.04 Å². The number of aromatic hydroxyl groups is 1. The number of aryl methyl sites for hydroxylation is 1. The molecule has 1 atom stereocenters. The van der Waals surface area contributed by atoms with Crippen LogP contribution in [0.1, 0.15) is 27.8 Å². The van der Waals surface area contributed by atoms with Gasteiger partial charge in [-0.3, -0.25) is 4.79 Å². The topological polar surface area (TPSA) is 67.2 Å². The summed E-state index contributed by atoms with van der Waals surface area (Å²) in [7, 11) is 1.81. The molecule has 1 aromatic heterocycles. The maximum atomic E-state index is 13.2. The average Bonchev–Trinajstić information content (AvgIpc) is 3.01. The van der Waals surface area contributed by atoms with Crippen molar-refractivity contribution >= 4 is 17.5 Å². The zero-order valence-electron chi connectivity index (χ0n) is 13.3. The number of phenols is 1. The molecule has 2 N–H and O–H groups in total. The molecule has 0 fully saturated rings. The molecule has 2 aromatic carbocycles. The van der Waals surface area contributed by atoms with Crippen molar-refractivity contribution in [1.29, 1.82) is 0 Å². The molecule has 0 aliphatic rings. The second-order valence-electron chi connectivity index (χ2n) is 5.52. The molecule has 3 rings (SSSR count). The Labute approximate surface area is 148 Å². The van der Waals surface area contributed by atoms with Gasteiger partial charge in [-0.2, -0.15) is 0 Å². The molecule has 0 radical (unpaired) electrons. The van der Waals surface area contributed by atoms with Crippen molar-refractivity contribution in [2.75, 3.05) is 0 Å². The number of rotatable bonds is 4. The minimum Gasteiger partial charge on any atom is -0.506 e. The Hall–Kier alpha value is -2.86. The van der Waals surface area contributed by atoms with E-state index in [9.17, 15) is 14.3 Å². The Balaban J connectivity index is 1.94. The first-order chi connectivity index (χ1) is 12.0. The number of aromatic nitrogens is 2. The molecular weight excluding hydrogens is 345 g/mol. The molecule has 0 spiro atoms. The van der Waals surface area contributed by atoms with Crippen LogP contribution < -0.4 is 5.32 Å². The third kappa shape index (κ3) is 3.64. The highest BCUT2D eigenvalue weighted by Gasteiger charge is 2.22. The highest BCUT2D eigenvalue weighted by molar-refractivity contribution is 6.32. The molecule has 25 heavy (non-hydrogen) atoms. The van der Waals surface area contributed by atoms with Gasteiger partial charge in [0.15, 0.2) is 0 Å². The first-order valence-electron chi connectivity index (χ1n) is 7.48. The summed E-state index contributed by atoms with van der Waals surface area (Å²) in [5.74, 6) is -0.250. The second-order valence-corrected chi connectivity index (χ2v) is 5.93. The highest BCUT2D eigenvalue weighted by Crippen LogP contribution is 2.25. The number of benzene rings is 2. The molecule has 3 aromatic rings. The minimum atomic E-state index is -0.569. The van der Waals surface area contributed by atoms with Gasteiger partial charge in [0.2, 0.25) is 0 Å². The summed E-state index contributed by atoms with van der Waals surface area (Å²) >= 11 is 5.87. The molecule has 0 unspecified atom stereocenters. The third-order valence-electron chi connectivity index (χ3n) is 3.81. The number of amides is 1. The average molecular weight is 360 g/mol. The Bertz CT molecular complexity index is 909. The van der Waals surface area contributed by atoms with Gasteiger partial charge in [0.1, 0.15) is 23.4 Å². The molecule has 1 amide bonds. The van der Waals surface area contributed by atoms with E-state index in [1.165, 1.54) is 30.3 Å². The first-order valence-corrected chi connectivity index (χ1v) is 7.85. The number of hydrogen-bond donors (Lipinski definition) is 2. The molecule has 0 aliphatic carbocycles. The smallest absolute Gasteiger partial charge is 0.252 e. The number of nitrogens with one attached hydrogen (secondary N) is 1. The zero-order valence-corrected chi connectivity index (χ0v) is 14.0. The van der Waals surface area contributed by atoms with Crippen molar-refractivity contribution in [3.05, 3.63) is 82.6 Å². The van der Waals surface area contributed by atoms with Crippen LogP contribution in [0.15, 0.2) is 54.9 Å². The van der Waals surface area contributed by atoms with Crippen molar-refractivity contribution in [1.82, 2.24) is 14.9 Å². The number of hydrogen-bond acceptors (Lipinski definition) is 3. The van der Waals surface area contributed by atoms with E-state index in [2.05, 4.69) is 10.3 Å². The molecule has 0 aliphatic heterocycles. The summed E-state index contributed by atoms with van der Waals surface area (Å²) in [6.07, 6.45) is 3.38. The molecule has 0 saturated heterocycles. The monoisotopic (exact) mass is 359 g/mol. The van der Waals surface area contributed by atoms with Gasteiger partial charge in [0.25, 0.3) is 5.91 Å². The molecule has 1 heterocycles. The number of imidazole rings is 1. The number of carbonyl (C=O) groups excluding carboxylic acids is 1. The van der Waals surface area contributed by atoms with E-state index in [4.69, 9.17) is 11.6 Å². The quantitative estimate of drug-likeness (QED) is 0.750. The molecular formula is C18H15ClFN3O2. The standard InChI is InChI=1S/C18H15ClFN3O2/c1-23-9-8-21-17(23)16(11-2-5-13(20)6-3-11)22-18(25)12-4-7-15(24)14(19)10-12/h2-10,16,24H,1H3,(H,22,25)/t16-/m0/s1. The second kappa shape index (κ2) is 6.94. The molecule has 128 valence electrons. The number of halogens is 2. The van der Waals surface area contributed by atoms with E-state index in [0.29, 0.717) is 17.0 Å². The number of phenolic OH excluding ortho intramolecular Hbond substituents is 1. The largest absolute Gasteiger partial charge is 0.506 e. The van der Waals surface area contributed by atoms with Crippen LogP contribution in [-0.2, 0) is 7.05 Å². The van der Waals surface area contributed by atoms with Crippen LogP contribution in [0.4, 0.5) is 4.39 Å². The zero-order chi connectivity index (χ0) is 18.0. The molecule has 0 bridgehead atoms. The summed E-state index contributed by atoms with van der Waals surface area (Å²) in [5, 5.41) is 12.4. The predicted molar refractivity (Wildman–Crippen MR) is 92.0 cm³/mol. The first kappa shape index (κ1) is 17.0. The van der Waals surface area contributed by atoms with Crippen molar-refractivity contribution < 1.29 is 14.3 Å². The van der Waals surface area contributed by atoms with E-state index >= 15 is 0 Å². The maximum absolute atomic E-state index is 13.2. The Kier molecular flexibility index (Phi) is 4.72. The van der Waals surface area contributed by atoms with Crippen LogP contribution in [0, 0.1) is 5.82 Å². The van der Waals surface area contributed by atoms with Crippen LogP contribution in [0.25, 0.3) is 0 Å². The van der Waals surface area contributed by atoms with Gasteiger partial charge >= 0.3 is 0 Å². The van der Waals surface area contributed by atoms with Gasteiger partial charge in [-0.05, 0) is 35.9 Å². The van der Waals surface area contributed by atoms with Gasteiger partial charge < -0.3 is 15.0 Å². The van der Waals surface area contributed by atoms with E-state index in [0.717, 1.165) is 0 Å². The molecule has 5 nitrogen and oxygen atoms in total. The SMILES string of the molecule is Cn1ccnc1[C@@H](NC(=O)c1ccc(O)c(Cl)c1)c1ccc(F)cc1. The van der Waals surface area contributed by atoms with Crippen LogP contribution in [0.2, 0.25) is 5.02 Å². The lowest BCUT2D eigenvalue weighted by Crippen LogP contribution is -2.31. The van der Waals surface area contributed by atoms with Gasteiger partial charge in [-0.1, -0.05) is 23.7 Å². The fraction of sp³-hybridized carbons (Fsp3) is 0.111. The summed E-state index contributed by atoms with van der Waals surface area (Å²) in [6, 6.07) is 9.48. The Morgan fingerprint density at radius 3 is 2.60 bits per heavy atom. The molecule has 0 saturated carbocycles. The predicted octanol–water partition coefficient (Wildman–Crippen LogP) is 3.44. The lowest BCUT2D eigenvalue weighted by atomic mass is 10.1. The summed E-state index contributed by atoms with van der Waals surface area (Å²) in [4.78, 5) is 16.9. The summed E-state index contributed by atoms with van der Waals surface area (Å²) in [5.41, 5.74) is 0.984. The fourth-order valence-electron chi connectivity index (χ4n) is 2.47. The van der Waals surface area contributed by atoms with Crippen LogP contribution in [0.3, 0.4) is 0 Å². The lowest BCUT2D eigenvalue weighted by molar-refractivity contribution is 0.0941. The van der Waals surface area contributed by atoms with Crippen molar-refractivity contribution in [3.8, 4) is 5.75 Å². The maximum Gasteiger partial charge on any atom is 0.252 e. The van der Waals surface area contributed by atoms with Crippen molar-refractivity contribution in [3.63, 3.8) is 0 Å². The molecule has 7 heteroatoms. The van der Waals surface area contributed by atoms with Crippen LogP contribution in [0.5, 0.6) is 5.75 Å². The Morgan fingerprint density at radius 2 is 2.00 bits per heavy atom. The summed E-state index contributed by atoms with van der Waals surface area (Å²) in [6.45, 7) is 0. The van der Waals surface area contributed by atoms with Gasteiger partial charge in [-0.15, -0.1) is 0 Å². The number of carbonyl (C=O) groups is 1. The van der Waals surface area contributed by atoms with E-state index < -0.39 is 6.04 Å². The summed E-state index contributed by atoms with van der Waals surface area (Å²) < 4.78 is 15.0. The highest BCUT2D eigenvalue weighted by atomic mass is 35.5. The van der Waals surface area contributed by atoms with Gasteiger partial charge in [0.05, 0.1) is 5.02 Å². The third-order valence-corrected chi connectivity index (χ3v) is 4.11. The Morgan fingerprint density at radius 1 is 1.28 bits per heavy atom. The van der Waals surface area contributed by atoms with Crippen molar-refractivity contribution in [2.24, 2.45) is 7.05 Å².